The van der Waals surface area contributed by atoms with Crippen LogP contribution in [0, 0.1) is 0 Å². The lowest BCUT2D eigenvalue weighted by Gasteiger charge is -2.20. The maximum atomic E-state index is 12.5. The summed E-state index contributed by atoms with van der Waals surface area (Å²) in [7, 11) is 0. The Hall–Kier alpha value is -3.35. The number of amides is 2. The van der Waals surface area contributed by atoms with E-state index in [1.54, 1.807) is 0 Å². The molecule has 1 unspecified atom stereocenters. The summed E-state index contributed by atoms with van der Waals surface area (Å²) in [6.07, 6.45) is 0.446. The molecule has 3 N–H and O–H groups in total. The SMILES string of the molecule is CCC(CC(=O)O)NC(=O)C[C@H](CC)NC(=O)OCC1c2ccccc2-c2ccccc21. The summed E-state index contributed by atoms with van der Waals surface area (Å²) in [4.78, 5) is 35.6. The van der Waals surface area contributed by atoms with Crippen LogP contribution in [0.3, 0.4) is 0 Å². The van der Waals surface area contributed by atoms with Gasteiger partial charge in [-0.25, -0.2) is 4.79 Å². The van der Waals surface area contributed by atoms with Gasteiger partial charge in [0.25, 0.3) is 0 Å². The second kappa shape index (κ2) is 10.8. The number of aliphatic carboxylic acids is 1. The third-order valence-electron chi connectivity index (χ3n) is 5.87. The van der Waals surface area contributed by atoms with Gasteiger partial charge in [-0.05, 0) is 35.1 Å². The van der Waals surface area contributed by atoms with E-state index in [-0.39, 0.29) is 31.3 Å². The standard InChI is InChI=1S/C25H30N2O5/c1-3-16(13-23(28)26-17(4-2)14-24(29)30)27-25(31)32-15-22-20-11-7-5-9-18(20)19-10-6-8-12-21(19)22/h5-12,16-17,22H,3-4,13-15H2,1-2H3,(H,26,28)(H,27,31)(H,29,30)/t16-,17?/m0/s1. The van der Waals surface area contributed by atoms with Gasteiger partial charge in [0, 0.05) is 24.4 Å². The molecule has 170 valence electrons. The first-order valence-corrected chi connectivity index (χ1v) is 11.1. The number of carboxylic acids is 1. The van der Waals surface area contributed by atoms with E-state index in [0.29, 0.717) is 12.8 Å². The second-order valence-corrected chi connectivity index (χ2v) is 8.05. The van der Waals surface area contributed by atoms with E-state index in [0.717, 1.165) is 22.3 Å². The largest absolute Gasteiger partial charge is 0.481 e. The molecule has 0 bridgehead atoms. The van der Waals surface area contributed by atoms with Crippen molar-refractivity contribution >= 4 is 18.0 Å². The Morgan fingerprint density at radius 3 is 1.94 bits per heavy atom. The highest BCUT2D eigenvalue weighted by molar-refractivity contribution is 5.80. The Kier molecular flexibility index (Phi) is 7.87. The van der Waals surface area contributed by atoms with Crippen LogP contribution in [0.25, 0.3) is 11.1 Å². The fourth-order valence-corrected chi connectivity index (χ4v) is 4.12. The Balaban J connectivity index is 1.55. The lowest BCUT2D eigenvalue weighted by molar-refractivity contribution is -0.137. The number of hydrogen-bond donors (Lipinski definition) is 3. The fraction of sp³-hybridized carbons (Fsp3) is 0.400. The van der Waals surface area contributed by atoms with Gasteiger partial charge in [-0.3, -0.25) is 9.59 Å². The van der Waals surface area contributed by atoms with E-state index in [2.05, 4.69) is 34.9 Å². The lowest BCUT2D eigenvalue weighted by atomic mass is 9.98. The van der Waals surface area contributed by atoms with E-state index in [1.165, 1.54) is 0 Å². The van der Waals surface area contributed by atoms with Crippen LogP contribution in [0.1, 0.15) is 56.6 Å². The molecule has 2 aromatic rings. The number of rotatable bonds is 10. The summed E-state index contributed by atoms with van der Waals surface area (Å²) in [5.74, 6) is -1.28. The second-order valence-electron chi connectivity index (χ2n) is 8.05. The van der Waals surface area contributed by atoms with Crippen molar-refractivity contribution in [2.24, 2.45) is 0 Å². The quantitative estimate of drug-likeness (QED) is 0.519. The Labute approximate surface area is 188 Å². The minimum Gasteiger partial charge on any atom is -0.481 e. The molecule has 2 atom stereocenters. The summed E-state index contributed by atoms with van der Waals surface area (Å²) >= 11 is 0. The van der Waals surface area contributed by atoms with Crippen molar-refractivity contribution in [1.82, 2.24) is 10.6 Å². The Morgan fingerprint density at radius 2 is 1.41 bits per heavy atom. The number of carbonyl (C=O) groups is 3. The molecule has 0 aromatic heterocycles. The summed E-state index contributed by atoms with van der Waals surface area (Å²) in [6, 6.07) is 15.4. The molecule has 7 nitrogen and oxygen atoms in total. The third-order valence-corrected chi connectivity index (χ3v) is 5.87. The smallest absolute Gasteiger partial charge is 0.407 e. The average molecular weight is 439 g/mol. The zero-order chi connectivity index (χ0) is 23.1. The number of hydrogen-bond acceptors (Lipinski definition) is 4. The van der Waals surface area contributed by atoms with Crippen molar-refractivity contribution < 1.29 is 24.2 Å². The summed E-state index contributed by atoms with van der Waals surface area (Å²) in [5.41, 5.74) is 4.59. The van der Waals surface area contributed by atoms with Crippen LogP contribution in [0.15, 0.2) is 48.5 Å². The maximum Gasteiger partial charge on any atom is 0.407 e. The minimum atomic E-state index is -0.957. The highest BCUT2D eigenvalue weighted by Crippen LogP contribution is 2.44. The zero-order valence-corrected chi connectivity index (χ0v) is 18.5. The number of carboxylic acid groups (broad SMARTS) is 1. The number of benzene rings is 2. The van der Waals surface area contributed by atoms with Gasteiger partial charge in [0.05, 0.1) is 6.42 Å². The normalized spacial score (nSPS) is 14.1. The van der Waals surface area contributed by atoms with Crippen LogP contribution < -0.4 is 10.6 Å². The molecule has 0 saturated heterocycles. The molecule has 0 heterocycles. The Bertz CT molecular complexity index is 929. The molecule has 1 aliphatic rings. The molecule has 3 rings (SSSR count). The molecule has 2 aromatic carbocycles. The van der Waals surface area contributed by atoms with Crippen molar-refractivity contribution in [3.63, 3.8) is 0 Å². The van der Waals surface area contributed by atoms with Gasteiger partial charge in [0.1, 0.15) is 6.61 Å². The van der Waals surface area contributed by atoms with Crippen molar-refractivity contribution in [3.05, 3.63) is 59.7 Å². The molecule has 1 aliphatic carbocycles. The molecule has 0 spiro atoms. The highest BCUT2D eigenvalue weighted by Gasteiger charge is 2.29. The van der Waals surface area contributed by atoms with Gasteiger partial charge in [0.15, 0.2) is 0 Å². The van der Waals surface area contributed by atoms with Gasteiger partial charge in [-0.1, -0.05) is 62.4 Å². The molecule has 32 heavy (non-hydrogen) atoms. The predicted molar refractivity (Wildman–Crippen MR) is 121 cm³/mol. The van der Waals surface area contributed by atoms with Crippen LogP contribution in [-0.4, -0.2) is 41.8 Å². The van der Waals surface area contributed by atoms with Gasteiger partial charge in [0.2, 0.25) is 5.91 Å². The van der Waals surface area contributed by atoms with Gasteiger partial charge in [-0.2, -0.15) is 0 Å². The molecule has 2 amide bonds. The summed E-state index contributed by atoms with van der Waals surface area (Å²) in [6.45, 7) is 3.90. The minimum absolute atomic E-state index is 0.0298. The highest BCUT2D eigenvalue weighted by atomic mass is 16.5. The molecule has 0 aliphatic heterocycles. The van der Waals surface area contributed by atoms with E-state index in [9.17, 15) is 14.4 Å². The van der Waals surface area contributed by atoms with Crippen molar-refractivity contribution in [1.29, 1.82) is 0 Å². The van der Waals surface area contributed by atoms with Crippen LogP contribution in [0.5, 0.6) is 0 Å². The molecule has 0 fully saturated rings. The van der Waals surface area contributed by atoms with Gasteiger partial charge < -0.3 is 20.5 Å². The van der Waals surface area contributed by atoms with Crippen LogP contribution in [-0.2, 0) is 14.3 Å². The Morgan fingerprint density at radius 1 is 0.875 bits per heavy atom. The molecular formula is C25H30N2O5. The van der Waals surface area contributed by atoms with Crippen molar-refractivity contribution in [2.45, 2.75) is 57.5 Å². The van der Waals surface area contributed by atoms with Crippen LogP contribution >= 0.6 is 0 Å². The third kappa shape index (κ3) is 5.66. The maximum absolute atomic E-state index is 12.5. The van der Waals surface area contributed by atoms with Crippen LogP contribution in [0.4, 0.5) is 4.79 Å². The lowest BCUT2D eigenvalue weighted by Crippen LogP contribution is -2.42. The van der Waals surface area contributed by atoms with Gasteiger partial charge >= 0.3 is 12.1 Å². The first kappa shape index (κ1) is 23.3. The van der Waals surface area contributed by atoms with Crippen LogP contribution in [0.2, 0.25) is 0 Å². The molecular weight excluding hydrogens is 408 g/mol. The molecule has 0 saturated carbocycles. The monoisotopic (exact) mass is 438 g/mol. The number of nitrogens with one attached hydrogen (secondary N) is 2. The molecule has 0 radical (unpaired) electrons. The fourth-order valence-electron chi connectivity index (χ4n) is 4.12. The topological polar surface area (TPSA) is 105 Å². The first-order chi connectivity index (χ1) is 15.4. The number of alkyl carbamates (subject to hydrolysis) is 1. The van der Waals surface area contributed by atoms with E-state index in [1.807, 2.05) is 38.1 Å². The predicted octanol–water partition coefficient (Wildman–Crippen LogP) is 4.06. The van der Waals surface area contributed by atoms with Crippen molar-refractivity contribution in [3.8, 4) is 11.1 Å². The van der Waals surface area contributed by atoms with E-state index >= 15 is 0 Å². The molecule has 7 heteroatoms. The number of fused-ring (bicyclic) bond motifs is 3. The number of ether oxygens (including phenoxy) is 1. The van der Waals surface area contributed by atoms with Crippen molar-refractivity contribution in [2.75, 3.05) is 6.61 Å². The summed E-state index contributed by atoms with van der Waals surface area (Å²) in [5, 5.41) is 14.4. The van der Waals surface area contributed by atoms with Gasteiger partial charge in [-0.15, -0.1) is 0 Å². The van der Waals surface area contributed by atoms with E-state index < -0.39 is 24.1 Å². The average Bonchev–Trinajstić information content (AvgIpc) is 3.10. The first-order valence-electron chi connectivity index (χ1n) is 11.1. The zero-order valence-electron chi connectivity index (χ0n) is 18.5. The number of carbonyl (C=O) groups excluding carboxylic acids is 2. The van der Waals surface area contributed by atoms with E-state index in [4.69, 9.17) is 9.84 Å². The summed E-state index contributed by atoms with van der Waals surface area (Å²) < 4.78 is 5.55.